The van der Waals surface area contributed by atoms with Crippen LogP contribution in [0.5, 0.6) is 6.01 Å². The van der Waals surface area contributed by atoms with Gasteiger partial charge in [-0.15, -0.1) is 16.9 Å². The van der Waals surface area contributed by atoms with Gasteiger partial charge in [-0.2, -0.15) is 18.2 Å². The fraction of sp³-hybridized carbons (Fsp3) is 0.192. The number of hydrogen-bond acceptors (Lipinski definition) is 5. The Morgan fingerprint density at radius 2 is 1.67 bits per heavy atom. The highest BCUT2D eigenvalue weighted by atomic mass is 32.2. The lowest BCUT2D eigenvalue weighted by Gasteiger charge is -2.10. The van der Waals surface area contributed by atoms with Crippen molar-refractivity contribution < 1.29 is 22.7 Å². The molecule has 0 bridgehead atoms. The van der Waals surface area contributed by atoms with Gasteiger partial charge >= 0.3 is 12.2 Å². The van der Waals surface area contributed by atoms with Crippen molar-refractivity contribution in [3.05, 3.63) is 84.4 Å². The SMILES string of the molecule is CC(C)Oc1nc(-c2ccc(C(F)(F)F)cc2)n(-c2ccc(NC(=O)CSc3ccccc3)cc2)n1. The number of carbonyl (C=O) groups excluding carboxylic acids is 1. The first-order valence-electron chi connectivity index (χ1n) is 11.1. The molecule has 1 aromatic heterocycles. The van der Waals surface area contributed by atoms with Gasteiger partial charge in [0.05, 0.1) is 23.1 Å². The highest BCUT2D eigenvalue weighted by Gasteiger charge is 2.30. The van der Waals surface area contributed by atoms with Crippen molar-refractivity contribution in [2.24, 2.45) is 0 Å². The van der Waals surface area contributed by atoms with Crippen LogP contribution in [-0.2, 0) is 11.0 Å². The van der Waals surface area contributed by atoms with Crippen molar-refractivity contribution in [2.75, 3.05) is 11.1 Å². The van der Waals surface area contributed by atoms with Gasteiger partial charge in [-0.25, -0.2) is 4.68 Å². The number of hydrogen-bond donors (Lipinski definition) is 1. The van der Waals surface area contributed by atoms with Crippen LogP contribution in [-0.4, -0.2) is 32.5 Å². The maximum Gasteiger partial charge on any atom is 0.416 e. The van der Waals surface area contributed by atoms with E-state index in [9.17, 15) is 18.0 Å². The first kappa shape index (κ1) is 25.3. The molecule has 0 atom stereocenters. The van der Waals surface area contributed by atoms with Crippen LogP contribution in [0.2, 0.25) is 0 Å². The number of benzene rings is 3. The van der Waals surface area contributed by atoms with Crippen LogP contribution in [0.3, 0.4) is 0 Å². The van der Waals surface area contributed by atoms with Gasteiger partial charge in [0, 0.05) is 16.1 Å². The molecule has 0 fully saturated rings. The van der Waals surface area contributed by atoms with E-state index < -0.39 is 11.7 Å². The molecule has 0 aliphatic carbocycles. The lowest BCUT2D eigenvalue weighted by molar-refractivity contribution is -0.137. The Balaban J connectivity index is 1.53. The fourth-order valence-corrected chi connectivity index (χ4v) is 4.00. The van der Waals surface area contributed by atoms with E-state index in [2.05, 4.69) is 15.4 Å². The average molecular weight is 513 g/mol. The Hall–Kier alpha value is -3.79. The second kappa shape index (κ2) is 10.9. The Bertz CT molecular complexity index is 1310. The molecule has 0 saturated carbocycles. The molecule has 1 amide bonds. The topological polar surface area (TPSA) is 69.0 Å². The number of alkyl halides is 3. The molecule has 1 heterocycles. The van der Waals surface area contributed by atoms with E-state index in [4.69, 9.17) is 4.74 Å². The summed E-state index contributed by atoms with van der Waals surface area (Å²) in [4.78, 5) is 17.7. The number of aromatic nitrogens is 3. The third-order valence-corrected chi connectivity index (χ3v) is 5.92. The fourth-order valence-electron chi connectivity index (χ4n) is 3.28. The van der Waals surface area contributed by atoms with Gasteiger partial charge in [-0.3, -0.25) is 4.79 Å². The lowest BCUT2D eigenvalue weighted by Crippen LogP contribution is -2.14. The van der Waals surface area contributed by atoms with Crippen LogP contribution < -0.4 is 10.1 Å². The van der Waals surface area contributed by atoms with Gasteiger partial charge in [-0.05, 0) is 62.4 Å². The van der Waals surface area contributed by atoms with Gasteiger partial charge in [0.1, 0.15) is 0 Å². The van der Waals surface area contributed by atoms with Crippen LogP contribution in [0.15, 0.2) is 83.8 Å². The summed E-state index contributed by atoms with van der Waals surface area (Å²) in [6, 6.07) is 21.4. The summed E-state index contributed by atoms with van der Waals surface area (Å²) in [5.41, 5.74) is 0.908. The number of anilines is 1. The van der Waals surface area contributed by atoms with Crippen molar-refractivity contribution in [3.8, 4) is 23.1 Å². The molecule has 0 radical (unpaired) electrons. The molecule has 0 aliphatic rings. The van der Waals surface area contributed by atoms with E-state index in [-0.39, 0.29) is 23.8 Å². The molecule has 6 nitrogen and oxygen atoms in total. The molecule has 36 heavy (non-hydrogen) atoms. The van der Waals surface area contributed by atoms with Gasteiger partial charge < -0.3 is 10.1 Å². The smallest absolute Gasteiger partial charge is 0.416 e. The van der Waals surface area contributed by atoms with Crippen LogP contribution >= 0.6 is 11.8 Å². The van der Waals surface area contributed by atoms with Crippen molar-refractivity contribution in [1.82, 2.24) is 14.8 Å². The summed E-state index contributed by atoms with van der Waals surface area (Å²) in [5, 5.41) is 7.24. The Labute approximate surface area is 210 Å². The summed E-state index contributed by atoms with van der Waals surface area (Å²) in [5.74, 6) is 0.453. The van der Waals surface area contributed by atoms with Crippen molar-refractivity contribution in [2.45, 2.75) is 31.0 Å². The van der Waals surface area contributed by atoms with Crippen molar-refractivity contribution in [3.63, 3.8) is 0 Å². The highest BCUT2D eigenvalue weighted by molar-refractivity contribution is 8.00. The van der Waals surface area contributed by atoms with Crippen LogP contribution in [0.4, 0.5) is 18.9 Å². The quantitative estimate of drug-likeness (QED) is 0.274. The third kappa shape index (κ3) is 6.45. The predicted octanol–water partition coefficient (Wildman–Crippen LogP) is 6.47. The molecule has 1 N–H and O–H groups in total. The average Bonchev–Trinajstić information content (AvgIpc) is 3.26. The monoisotopic (exact) mass is 512 g/mol. The number of nitrogens with zero attached hydrogens (tertiary/aromatic N) is 3. The maximum absolute atomic E-state index is 13.0. The first-order valence-corrected chi connectivity index (χ1v) is 12.1. The van der Waals surface area contributed by atoms with E-state index >= 15 is 0 Å². The molecule has 3 aromatic carbocycles. The van der Waals surface area contributed by atoms with Gasteiger partial charge in [0.2, 0.25) is 5.91 Å². The van der Waals surface area contributed by atoms with Crippen LogP contribution in [0, 0.1) is 0 Å². The standard InChI is InChI=1S/C26H23F3N4O2S/c1-17(2)35-25-31-24(18-8-10-19(11-9-18)26(27,28)29)33(32-25)21-14-12-20(13-15-21)30-23(34)16-36-22-6-4-3-5-7-22/h3-15,17H,16H2,1-2H3,(H,30,34). The second-order valence-electron chi connectivity index (χ2n) is 8.07. The number of rotatable bonds is 8. The van der Waals surface area contributed by atoms with E-state index in [0.717, 1.165) is 17.0 Å². The molecular weight excluding hydrogens is 489 g/mol. The largest absolute Gasteiger partial charge is 0.460 e. The molecule has 0 aliphatic heterocycles. The number of thioether (sulfide) groups is 1. The summed E-state index contributed by atoms with van der Waals surface area (Å²) in [6.07, 6.45) is -4.62. The van der Waals surface area contributed by atoms with E-state index in [1.54, 1.807) is 24.3 Å². The number of nitrogens with one attached hydrogen (secondary N) is 1. The lowest BCUT2D eigenvalue weighted by atomic mass is 10.1. The number of amides is 1. The normalized spacial score (nSPS) is 11.5. The molecule has 4 aromatic rings. The molecular formula is C26H23F3N4O2S. The third-order valence-electron chi connectivity index (χ3n) is 4.91. The van der Waals surface area contributed by atoms with Gasteiger partial charge in [-0.1, -0.05) is 30.3 Å². The number of halogens is 3. The summed E-state index contributed by atoms with van der Waals surface area (Å²) >= 11 is 1.44. The first-order chi connectivity index (χ1) is 17.2. The zero-order valence-electron chi connectivity index (χ0n) is 19.5. The minimum Gasteiger partial charge on any atom is -0.460 e. The molecule has 186 valence electrons. The molecule has 0 saturated heterocycles. The summed E-state index contributed by atoms with van der Waals surface area (Å²) in [6.45, 7) is 3.65. The molecule has 0 unspecified atom stereocenters. The van der Waals surface area contributed by atoms with Crippen LogP contribution in [0.25, 0.3) is 17.1 Å². The minimum atomic E-state index is -4.43. The summed E-state index contributed by atoms with van der Waals surface area (Å²) < 4.78 is 46.1. The molecule has 0 spiro atoms. The van der Waals surface area contributed by atoms with Crippen LogP contribution in [0.1, 0.15) is 19.4 Å². The van der Waals surface area contributed by atoms with E-state index in [1.807, 2.05) is 44.2 Å². The van der Waals surface area contributed by atoms with Crippen molar-refractivity contribution >= 4 is 23.4 Å². The Morgan fingerprint density at radius 3 is 2.28 bits per heavy atom. The number of carbonyl (C=O) groups is 1. The zero-order chi connectivity index (χ0) is 25.7. The predicted molar refractivity (Wildman–Crippen MR) is 133 cm³/mol. The molecule has 4 rings (SSSR count). The highest BCUT2D eigenvalue weighted by Crippen LogP contribution is 2.32. The van der Waals surface area contributed by atoms with Gasteiger partial charge in [0.25, 0.3) is 0 Å². The minimum absolute atomic E-state index is 0.107. The molecule has 10 heteroatoms. The van der Waals surface area contributed by atoms with E-state index in [1.165, 1.54) is 28.6 Å². The Kier molecular flexibility index (Phi) is 7.64. The van der Waals surface area contributed by atoms with Gasteiger partial charge in [0.15, 0.2) is 5.82 Å². The van der Waals surface area contributed by atoms with Crippen molar-refractivity contribution in [1.29, 1.82) is 0 Å². The second-order valence-corrected chi connectivity index (χ2v) is 9.12. The number of ether oxygens (including phenoxy) is 1. The van der Waals surface area contributed by atoms with E-state index in [0.29, 0.717) is 22.8 Å². The summed E-state index contributed by atoms with van der Waals surface area (Å²) in [7, 11) is 0. The Morgan fingerprint density at radius 1 is 1.00 bits per heavy atom. The zero-order valence-corrected chi connectivity index (χ0v) is 20.3. The maximum atomic E-state index is 13.0.